The molecule has 0 fully saturated rings. The van der Waals surface area contributed by atoms with Crippen LogP contribution in [-0.2, 0) is 4.74 Å². The fourth-order valence-corrected chi connectivity index (χ4v) is 0.838. The van der Waals surface area contributed by atoms with Crippen LogP contribution in [0, 0.1) is 0 Å². The highest BCUT2D eigenvalue weighted by Gasteiger charge is 1.96. The van der Waals surface area contributed by atoms with Crippen molar-refractivity contribution in [3.8, 4) is 0 Å². The number of methoxy groups -OCH3 is 1. The Labute approximate surface area is 64.1 Å². The standard InChI is InChI=1S/C9H18O/c1-4-5-6-7-8-9(2)10-3/h4,9H,1,5-8H2,2-3H3/t9-/m0/s1. The maximum Gasteiger partial charge on any atom is 0.0543 e. The summed E-state index contributed by atoms with van der Waals surface area (Å²) in [5, 5.41) is 0. The molecule has 0 saturated carbocycles. The van der Waals surface area contributed by atoms with Crippen LogP contribution in [-0.4, -0.2) is 13.2 Å². The van der Waals surface area contributed by atoms with Gasteiger partial charge in [-0.2, -0.15) is 0 Å². The first-order chi connectivity index (χ1) is 4.81. The van der Waals surface area contributed by atoms with E-state index >= 15 is 0 Å². The normalized spacial score (nSPS) is 13.0. The van der Waals surface area contributed by atoms with Crippen LogP contribution in [0.25, 0.3) is 0 Å². The Hall–Kier alpha value is -0.300. The minimum Gasteiger partial charge on any atom is -0.382 e. The fraction of sp³-hybridized carbons (Fsp3) is 0.778. The van der Waals surface area contributed by atoms with Crippen molar-refractivity contribution in [1.82, 2.24) is 0 Å². The van der Waals surface area contributed by atoms with E-state index in [0.29, 0.717) is 6.10 Å². The zero-order valence-corrected chi connectivity index (χ0v) is 7.10. The van der Waals surface area contributed by atoms with Crippen LogP contribution in [0.3, 0.4) is 0 Å². The predicted molar refractivity (Wildman–Crippen MR) is 45.1 cm³/mol. The van der Waals surface area contributed by atoms with Gasteiger partial charge in [-0.1, -0.05) is 12.5 Å². The van der Waals surface area contributed by atoms with Crippen molar-refractivity contribution in [3.05, 3.63) is 12.7 Å². The molecule has 0 amide bonds. The molecular weight excluding hydrogens is 124 g/mol. The zero-order valence-electron chi connectivity index (χ0n) is 7.10. The third-order valence-electron chi connectivity index (χ3n) is 1.67. The van der Waals surface area contributed by atoms with E-state index in [0.717, 1.165) is 6.42 Å². The lowest BCUT2D eigenvalue weighted by molar-refractivity contribution is 0.108. The van der Waals surface area contributed by atoms with Crippen LogP contribution in [0.1, 0.15) is 32.6 Å². The van der Waals surface area contributed by atoms with Gasteiger partial charge in [-0.05, 0) is 26.2 Å². The van der Waals surface area contributed by atoms with Crippen LogP contribution in [0.5, 0.6) is 0 Å². The highest BCUT2D eigenvalue weighted by molar-refractivity contribution is 4.65. The Balaban J connectivity index is 2.95. The van der Waals surface area contributed by atoms with Crippen molar-refractivity contribution in [2.45, 2.75) is 38.7 Å². The summed E-state index contributed by atoms with van der Waals surface area (Å²) in [6, 6.07) is 0. The average molecular weight is 142 g/mol. The summed E-state index contributed by atoms with van der Waals surface area (Å²) in [6.45, 7) is 5.77. The molecule has 0 aliphatic rings. The van der Waals surface area contributed by atoms with E-state index in [-0.39, 0.29) is 0 Å². The fourth-order valence-electron chi connectivity index (χ4n) is 0.838. The highest BCUT2D eigenvalue weighted by Crippen LogP contribution is 2.05. The van der Waals surface area contributed by atoms with Crippen molar-refractivity contribution in [3.63, 3.8) is 0 Å². The summed E-state index contributed by atoms with van der Waals surface area (Å²) in [6.07, 6.45) is 7.20. The smallest absolute Gasteiger partial charge is 0.0543 e. The largest absolute Gasteiger partial charge is 0.382 e. The van der Waals surface area contributed by atoms with E-state index in [4.69, 9.17) is 4.74 Å². The summed E-state index contributed by atoms with van der Waals surface area (Å²) >= 11 is 0. The summed E-state index contributed by atoms with van der Waals surface area (Å²) < 4.78 is 5.10. The van der Waals surface area contributed by atoms with Crippen molar-refractivity contribution in [1.29, 1.82) is 0 Å². The third kappa shape index (κ3) is 5.83. The Morgan fingerprint density at radius 2 is 2.20 bits per heavy atom. The van der Waals surface area contributed by atoms with Crippen LogP contribution in [0.15, 0.2) is 12.7 Å². The molecule has 10 heavy (non-hydrogen) atoms. The molecule has 0 aromatic carbocycles. The second kappa shape index (κ2) is 6.81. The molecule has 1 nitrogen and oxygen atoms in total. The summed E-state index contributed by atoms with van der Waals surface area (Å²) in [4.78, 5) is 0. The van der Waals surface area contributed by atoms with Gasteiger partial charge in [-0.3, -0.25) is 0 Å². The van der Waals surface area contributed by atoms with Gasteiger partial charge in [-0.15, -0.1) is 6.58 Å². The Bertz CT molecular complexity index is 78.8. The third-order valence-corrected chi connectivity index (χ3v) is 1.67. The topological polar surface area (TPSA) is 9.23 Å². The van der Waals surface area contributed by atoms with Crippen LogP contribution >= 0.6 is 0 Å². The number of allylic oxidation sites excluding steroid dienone is 1. The second-order valence-electron chi connectivity index (χ2n) is 2.62. The molecule has 0 aromatic heterocycles. The van der Waals surface area contributed by atoms with E-state index in [1.165, 1.54) is 19.3 Å². The molecule has 0 rings (SSSR count). The van der Waals surface area contributed by atoms with Gasteiger partial charge in [0.2, 0.25) is 0 Å². The average Bonchev–Trinajstić information content (AvgIpc) is 1.98. The highest BCUT2D eigenvalue weighted by atomic mass is 16.5. The first kappa shape index (κ1) is 9.70. The van der Waals surface area contributed by atoms with Crippen LogP contribution in [0.2, 0.25) is 0 Å². The van der Waals surface area contributed by atoms with Gasteiger partial charge in [0.25, 0.3) is 0 Å². The van der Waals surface area contributed by atoms with Gasteiger partial charge in [0.1, 0.15) is 0 Å². The first-order valence-corrected chi connectivity index (χ1v) is 3.95. The minimum absolute atomic E-state index is 0.421. The monoisotopic (exact) mass is 142 g/mol. The molecule has 0 radical (unpaired) electrons. The minimum atomic E-state index is 0.421. The Morgan fingerprint density at radius 3 is 2.70 bits per heavy atom. The molecule has 1 atom stereocenters. The molecular formula is C9H18O. The summed E-state index contributed by atoms with van der Waals surface area (Å²) in [5.74, 6) is 0. The Morgan fingerprint density at radius 1 is 1.50 bits per heavy atom. The van der Waals surface area contributed by atoms with Gasteiger partial charge >= 0.3 is 0 Å². The molecule has 0 N–H and O–H groups in total. The predicted octanol–water partition coefficient (Wildman–Crippen LogP) is 2.77. The quantitative estimate of drug-likeness (QED) is 0.409. The van der Waals surface area contributed by atoms with Gasteiger partial charge in [-0.25, -0.2) is 0 Å². The summed E-state index contributed by atoms with van der Waals surface area (Å²) in [5.41, 5.74) is 0. The number of hydrogen-bond acceptors (Lipinski definition) is 1. The molecule has 0 aromatic rings. The molecule has 0 unspecified atom stereocenters. The van der Waals surface area contributed by atoms with Gasteiger partial charge in [0, 0.05) is 7.11 Å². The van der Waals surface area contributed by atoms with Crippen molar-refractivity contribution in [2.24, 2.45) is 0 Å². The maximum absolute atomic E-state index is 5.10. The van der Waals surface area contributed by atoms with Gasteiger partial charge in [0.05, 0.1) is 6.10 Å². The van der Waals surface area contributed by atoms with Gasteiger partial charge < -0.3 is 4.74 Å². The maximum atomic E-state index is 5.10. The zero-order chi connectivity index (χ0) is 7.82. The van der Waals surface area contributed by atoms with Crippen LogP contribution in [0.4, 0.5) is 0 Å². The van der Waals surface area contributed by atoms with E-state index in [1.54, 1.807) is 7.11 Å². The molecule has 0 bridgehead atoms. The lowest BCUT2D eigenvalue weighted by Crippen LogP contribution is -2.03. The number of hydrogen-bond donors (Lipinski definition) is 0. The molecule has 0 aliphatic heterocycles. The molecule has 0 aliphatic carbocycles. The van der Waals surface area contributed by atoms with E-state index in [2.05, 4.69) is 13.5 Å². The van der Waals surface area contributed by atoms with E-state index in [9.17, 15) is 0 Å². The number of rotatable bonds is 6. The Kier molecular flexibility index (Phi) is 6.61. The molecule has 1 heteroatoms. The first-order valence-electron chi connectivity index (χ1n) is 3.95. The number of unbranched alkanes of at least 4 members (excludes halogenated alkanes) is 2. The van der Waals surface area contributed by atoms with Crippen molar-refractivity contribution in [2.75, 3.05) is 7.11 Å². The lowest BCUT2D eigenvalue weighted by Gasteiger charge is -2.07. The second-order valence-corrected chi connectivity index (χ2v) is 2.62. The SMILES string of the molecule is C=CCCCC[C@H](C)OC. The summed E-state index contributed by atoms with van der Waals surface area (Å²) in [7, 11) is 1.76. The van der Waals surface area contributed by atoms with Gasteiger partial charge in [0.15, 0.2) is 0 Å². The van der Waals surface area contributed by atoms with Crippen molar-refractivity contribution < 1.29 is 4.74 Å². The number of ether oxygens (including phenoxy) is 1. The van der Waals surface area contributed by atoms with Crippen molar-refractivity contribution >= 4 is 0 Å². The molecule has 0 saturated heterocycles. The van der Waals surface area contributed by atoms with E-state index in [1.807, 2.05) is 6.08 Å². The molecule has 60 valence electrons. The molecule has 0 heterocycles. The van der Waals surface area contributed by atoms with E-state index < -0.39 is 0 Å². The van der Waals surface area contributed by atoms with Crippen LogP contribution < -0.4 is 0 Å². The lowest BCUT2D eigenvalue weighted by atomic mass is 10.1. The molecule has 0 spiro atoms.